The first-order valence-corrected chi connectivity index (χ1v) is 6.44. The van der Waals surface area contributed by atoms with Gasteiger partial charge in [-0.2, -0.15) is 0 Å². The van der Waals surface area contributed by atoms with Crippen LogP contribution in [0.3, 0.4) is 0 Å². The van der Waals surface area contributed by atoms with Gasteiger partial charge in [0, 0.05) is 18.1 Å². The summed E-state index contributed by atoms with van der Waals surface area (Å²) in [4.78, 5) is 16.3. The fraction of sp³-hybridized carbons (Fsp3) is 0.333. The topological polar surface area (TPSA) is 68.0 Å². The number of fused-ring (bicyclic) bond motifs is 1. The van der Waals surface area contributed by atoms with Crippen LogP contribution in [0.2, 0.25) is 0 Å². The Labute approximate surface area is 113 Å². The van der Waals surface area contributed by atoms with Gasteiger partial charge in [0.05, 0.1) is 11.1 Å². The molecule has 3 N–H and O–H groups in total. The van der Waals surface area contributed by atoms with Crippen molar-refractivity contribution in [3.8, 4) is 0 Å². The third-order valence-electron chi connectivity index (χ3n) is 3.41. The normalized spacial score (nSPS) is 14.1. The van der Waals surface area contributed by atoms with Gasteiger partial charge in [-0.05, 0) is 25.0 Å². The third-order valence-corrected chi connectivity index (χ3v) is 3.41. The minimum atomic E-state index is -0.821. The molecule has 100 valence electrons. The minimum Gasteiger partial charge on any atom is -0.350 e. The van der Waals surface area contributed by atoms with E-state index in [1.54, 1.807) is 13.1 Å². The monoisotopic (exact) mass is 257 g/mol. The molecule has 1 aromatic carbocycles. The maximum Gasteiger partial charge on any atom is 0.240 e. The van der Waals surface area contributed by atoms with Gasteiger partial charge in [-0.3, -0.25) is 9.78 Å². The summed E-state index contributed by atoms with van der Waals surface area (Å²) >= 11 is 0. The Balaban J connectivity index is 2.17. The highest BCUT2D eigenvalue weighted by atomic mass is 16.2. The molecule has 2 rings (SSSR count). The SMILES string of the molecule is CCC(C)(N)C(=O)NCc1cccc2cccnc12. The van der Waals surface area contributed by atoms with Crippen molar-refractivity contribution in [1.82, 2.24) is 10.3 Å². The van der Waals surface area contributed by atoms with Gasteiger partial charge in [0.25, 0.3) is 0 Å². The summed E-state index contributed by atoms with van der Waals surface area (Å²) in [5.41, 5.74) is 7.00. The molecule has 0 saturated heterocycles. The molecule has 0 radical (unpaired) electrons. The van der Waals surface area contributed by atoms with Crippen LogP contribution in [0, 0.1) is 0 Å². The smallest absolute Gasteiger partial charge is 0.240 e. The molecule has 1 aromatic heterocycles. The van der Waals surface area contributed by atoms with E-state index in [1.165, 1.54) is 0 Å². The average molecular weight is 257 g/mol. The number of pyridine rings is 1. The number of nitrogens with two attached hydrogens (primary N) is 1. The largest absolute Gasteiger partial charge is 0.350 e. The van der Waals surface area contributed by atoms with E-state index >= 15 is 0 Å². The molecule has 0 fully saturated rings. The zero-order chi connectivity index (χ0) is 13.9. The van der Waals surface area contributed by atoms with E-state index in [4.69, 9.17) is 5.73 Å². The van der Waals surface area contributed by atoms with Gasteiger partial charge in [0.1, 0.15) is 0 Å². The quantitative estimate of drug-likeness (QED) is 0.880. The lowest BCUT2D eigenvalue weighted by atomic mass is 9.99. The predicted octanol–water partition coefficient (Wildman–Crippen LogP) is 1.98. The molecule has 0 aliphatic carbocycles. The Morgan fingerprint density at radius 1 is 1.37 bits per heavy atom. The molecule has 4 heteroatoms. The first-order valence-electron chi connectivity index (χ1n) is 6.44. The van der Waals surface area contributed by atoms with Crippen LogP contribution in [0.15, 0.2) is 36.5 Å². The van der Waals surface area contributed by atoms with E-state index < -0.39 is 5.54 Å². The molecule has 0 aliphatic rings. The Hall–Kier alpha value is -1.94. The Bertz CT molecular complexity index is 587. The number of carbonyl (C=O) groups is 1. The lowest BCUT2D eigenvalue weighted by Crippen LogP contribution is -2.50. The fourth-order valence-corrected chi connectivity index (χ4v) is 1.85. The average Bonchev–Trinajstić information content (AvgIpc) is 2.44. The van der Waals surface area contributed by atoms with Crippen molar-refractivity contribution in [2.45, 2.75) is 32.4 Å². The molecule has 0 aliphatic heterocycles. The standard InChI is InChI=1S/C15H19N3O/c1-3-15(2,16)14(19)18-10-12-7-4-6-11-8-5-9-17-13(11)12/h4-9H,3,10,16H2,1-2H3,(H,18,19). The van der Waals surface area contributed by atoms with Gasteiger partial charge in [-0.15, -0.1) is 0 Å². The second kappa shape index (κ2) is 5.36. The number of carbonyl (C=O) groups excluding carboxylic acids is 1. The molecule has 1 amide bonds. The summed E-state index contributed by atoms with van der Waals surface area (Å²) in [6, 6.07) is 9.85. The lowest BCUT2D eigenvalue weighted by molar-refractivity contribution is -0.126. The zero-order valence-corrected chi connectivity index (χ0v) is 11.3. The van der Waals surface area contributed by atoms with Crippen LogP contribution in [0.5, 0.6) is 0 Å². The summed E-state index contributed by atoms with van der Waals surface area (Å²) in [5.74, 6) is -0.136. The molecule has 0 spiro atoms. The molecular weight excluding hydrogens is 238 g/mol. The second-order valence-electron chi connectivity index (χ2n) is 4.95. The van der Waals surface area contributed by atoms with Crippen molar-refractivity contribution < 1.29 is 4.79 Å². The van der Waals surface area contributed by atoms with Crippen LogP contribution < -0.4 is 11.1 Å². The number of nitrogens with zero attached hydrogens (tertiary/aromatic N) is 1. The molecule has 1 heterocycles. The molecule has 1 unspecified atom stereocenters. The first kappa shape index (κ1) is 13.5. The third kappa shape index (κ3) is 2.90. The Morgan fingerprint density at radius 2 is 2.11 bits per heavy atom. The van der Waals surface area contributed by atoms with Gasteiger partial charge in [-0.25, -0.2) is 0 Å². The maximum atomic E-state index is 11.9. The van der Waals surface area contributed by atoms with Crippen LogP contribution in [-0.4, -0.2) is 16.4 Å². The van der Waals surface area contributed by atoms with Crippen molar-refractivity contribution in [1.29, 1.82) is 0 Å². The van der Waals surface area contributed by atoms with Crippen molar-refractivity contribution >= 4 is 16.8 Å². The number of hydrogen-bond acceptors (Lipinski definition) is 3. The van der Waals surface area contributed by atoms with E-state index in [0.717, 1.165) is 16.5 Å². The maximum absolute atomic E-state index is 11.9. The van der Waals surface area contributed by atoms with E-state index in [1.807, 2.05) is 37.3 Å². The molecule has 2 aromatic rings. The van der Waals surface area contributed by atoms with Crippen LogP contribution in [0.25, 0.3) is 10.9 Å². The van der Waals surface area contributed by atoms with Gasteiger partial charge in [-0.1, -0.05) is 31.2 Å². The highest BCUT2D eigenvalue weighted by Gasteiger charge is 2.25. The number of hydrogen-bond donors (Lipinski definition) is 2. The highest BCUT2D eigenvalue weighted by Crippen LogP contribution is 2.16. The van der Waals surface area contributed by atoms with E-state index in [9.17, 15) is 4.79 Å². The molecule has 0 saturated carbocycles. The van der Waals surface area contributed by atoms with Gasteiger partial charge >= 0.3 is 0 Å². The van der Waals surface area contributed by atoms with Crippen molar-refractivity contribution in [3.63, 3.8) is 0 Å². The van der Waals surface area contributed by atoms with E-state index in [0.29, 0.717) is 13.0 Å². The van der Waals surface area contributed by atoms with Crippen molar-refractivity contribution in [2.75, 3.05) is 0 Å². The fourth-order valence-electron chi connectivity index (χ4n) is 1.85. The number of nitrogens with one attached hydrogen (secondary N) is 1. The van der Waals surface area contributed by atoms with Crippen molar-refractivity contribution in [3.05, 3.63) is 42.1 Å². The minimum absolute atomic E-state index is 0.136. The van der Waals surface area contributed by atoms with Crippen molar-refractivity contribution in [2.24, 2.45) is 5.73 Å². The van der Waals surface area contributed by atoms with Crippen LogP contribution in [-0.2, 0) is 11.3 Å². The number of para-hydroxylation sites is 1. The van der Waals surface area contributed by atoms with Crippen LogP contribution in [0.4, 0.5) is 0 Å². The molecular formula is C15H19N3O. The summed E-state index contributed by atoms with van der Waals surface area (Å²) in [6.07, 6.45) is 2.36. The van der Waals surface area contributed by atoms with Crippen LogP contribution >= 0.6 is 0 Å². The number of amides is 1. The Kier molecular flexibility index (Phi) is 3.81. The summed E-state index contributed by atoms with van der Waals surface area (Å²) in [5, 5.41) is 3.95. The molecule has 4 nitrogen and oxygen atoms in total. The summed E-state index contributed by atoms with van der Waals surface area (Å²) < 4.78 is 0. The summed E-state index contributed by atoms with van der Waals surface area (Å²) in [6.45, 7) is 4.09. The van der Waals surface area contributed by atoms with Gasteiger partial charge in [0.2, 0.25) is 5.91 Å². The molecule has 19 heavy (non-hydrogen) atoms. The molecule has 1 atom stereocenters. The predicted molar refractivity (Wildman–Crippen MR) is 76.5 cm³/mol. The van der Waals surface area contributed by atoms with Gasteiger partial charge in [0.15, 0.2) is 0 Å². The number of benzene rings is 1. The zero-order valence-electron chi connectivity index (χ0n) is 11.3. The first-order chi connectivity index (χ1) is 9.04. The second-order valence-corrected chi connectivity index (χ2v) is 4.95. The van der Waals surface area contributed by atoms with E-state index in [-0.39, 0.29) is 5.91 Å². The number of aromatic nitrogens is 1. The van der Waals surface area contributed by atoms with Crippen LogP contribution in [0.1, 0.15) is 25.8 Å². The van der Waals surface area contributed by atoms with Gasteiger partial charge < -0.3 is 11.1 Å². The summed E-state index contributed by atoms with van der Waals surface area (Å²) in [7, 11) is 0. The van der Waals surface area contributed by atoms with E-state index in [2.05, 4.69) is 10.3 Å². The lowest BCUT2D eigenvalue weighted by Gasteiger charge is -2.21. The highest BCUT2D eigenvalue weighted by molar-refractivity contribution is 5.86. The Morgan fingerprint density at radius 3 is 2.84 bits per heavy atom. The number of rotatable bonds is 4. The molecule has 0 bridgehead atoms.